The highest BCUT2D eigenvalue weighted by atomic mass is 16.2. The summed E-state index contributed by atoms with van der Waals surface area (Å²) in [5.41, 5.74) is 7.11. The Kier molecular flexibility index (Phi) is 2.52. The fourth-order valence-corrected chi connectivity index (χ4v) is 2.13. The van der Waals surface area contributed by atoms with E-state index in [1.807, 2.05) is 0 Å². The first-order chi connectivity index (χ1) is 9.16. The molecule has 2 heterocycles. The van der Waals surface area contributed by atoms with Gasteiger partial charge in [0, 0.05) is 29.4 Å². The highest BCUT2D eigenvalue weighted by molar-refractivity contribution is 6.11. The molecule has 3 rings (SSSR count). The summed E-state index contributed by atoms with van der Waals surface area (Å²) < 4.78 is 0. The van der Waals surface area contributed by atoms with E-state index in [1.165, 1.54) is 4.90 Å². The molecule has 96 valence electrons. The number of nitrogens with zero attached hydrogens (tertiary/aromatic N) is 3. The molecule has 1 saturated heterocycles. The number of aromatic nitrogens is 2. The van der Waals surface area contributed by atoms with E-state index in [1.54, 1.807) is 24.5 Å². The smallest absolute Gasteiger partial charge is 0.328 e. The Bertz CT molecular complexity index is 685. The lowest BCUT2D eigenvalue weighted by atomic mass is 10.1. The van der Waals surface area contributed by atoms with Crippen molar-refractivity contribution in [3.63, 3.8) is 0 Å². The summed E-state index contributed by atoms with van der Waals surface area (Å²) in [6, 6.07) is 3.02. The molecule has 0 saturated carbocycles. The molecular formula is C12H11N5O2. The van der Waals surface area contributed by atoms with Gasteiger partial charge in [-0.1, -0.05) is 0 Å². The van der Waals surface area contributed by atoms with Crippen molar-refractivity contribution in [3.05, 3.63) is 24.5 Å². The van der Waals surface area contributed by atoms with Gasteiger partial charge in [-0.3, -0.25) is 15.0 Å². The largest absolute Gasteiger partial charge is 0.398 e. The molecule has 1 aliphatic rings. The number of hydrogen-bond donors (Lipinski definition) is 2. The highest BCUT2D eigenvalue weighted by Crippen LogP contribution is 2.30. The number of anilines is 2. The minimum atomic E-state index is -0.431. The van der Waals surface area contributed by atoms with Crippen LogP contribution in [0.1, 0.15) is 6.42 Å². The van der Waals surface area contributed by atoms with Gasteiger partial charge < -0.3 is 5.73 Å². The number of amides is 3. The number of hydrogen-bond acceptors (Lipinski definition) is 5. The quantitative estimate of drug-likeness (QED) is 0.731. The lowest BCUT2D eigenvalue weighted by molar-refractivity contribution is -0.120. The van der Waals surface area contributed by atoms with Crippen LogP contribution in [-0.4, -0.2) is 28.7 Å². The molecule has 7 heteroatoms. The van der Waals surface area contributed by atoms with Gasteiger partial charge in [-0.15, -0.1) is 0 Å². The van der Waals surface area contributed by atoms with E-state index < -0.39 is 6.03 Å². The molecule has 0 aliphatic carbocycles. The van der Waals surface area contributed by atoms with Crippen molar-refractivity contribution >= 4 is 34.1 Å². The van der Waals surface area contributed by atoms with Gasteiger partial charge in [0.1, 0.15) is 0 Å². The Morgan fingerprint density at radius 1 is 1.16 bits per heavy atom. The van der Waals surface area contributed by atoms with E-state index in [0.717, 1.165) is 10.8 Å². The van der Waals surface area contributed by atoms with Crippen LogP contribution in [0.4, 0.5) is 16.2 Å². The maximum absolute atomic E-state index is 11.9. The molecule has 2 aromatic rings. The molecule has 1 fully saturated rings. The molecule has 0 atom stereocenters. The van der Waals surface area contributed by atoms with E-state index in [9.17, 15) is 9.59 Å². The van der Waals surface area contributed by atoms with Crippen molar-refractivity contribution in [3.8, 4) is 0 Å². The Balaban J connectivity index is 2.13. The Hall–Kier alpha value is -2.70. The number of nitrogen functional groups attached to an aromatic ring is 1. The molecule has 1 aromatic heterocycles. The molecule has 0 bridgehead atoms. The van der Waals surface area contributed by atoms with E-state index >= 15 is 0 Å². The SMILES string of the molecule is Nc1ccc(N2CCC(=O)NC2=O)c2cnncc12. The number of carbonyl (C=O) groups excluding carboxylic acids is 2. The number of carbonyl (C=O) groups is 2. The average Bonchev–Trinajstić information content (AvgIpc) is 2.41. The lowest BCUT2D eigenvalue weighted by Crippen LogP contribution is -2.49. The second kappa shape index (κ2) is 4.20. The summed E-state index contributed by atoms with van der Waals surface area (Å²) in [6.45, 7) is 0.339. The van der Waals surface area contributed by atoms with Gasteiger partial charge in [-0.05, 0) is 12.1 Å². The molecule has 0 spiro atoms. The van der Waals surface area contributed by atoms with Crippen molar-refractivity contribution in [2.45, 2.75) is 6.42 Å². The zero-order valence-electron chi connectivity index (χ0n) is 9.96. The Morgan fingerprint density at radius 3 is 2.63 bits per heavy atom. The van der Waals surface area contributed by atoms with Crippen LogP contribution in [0.25, 0.3) is 10.8 Å². The molecule has 3 N–H and O–H groups in total. The van der Waals surface area contributed by atoms with Crippen molar-refractivity contribution in [2.24, 2.45) is 0 Å². The monoisotopic (exact) mass is 257 g/mol. The summed E-state index contributed by atoms with van der Waals surface area (Å²) >= 11 is 0. The zero-order valence-corrected chi connectivity index (χ0v) is 9.96. The zero-order chi connectivity index (χ0) is 13.4. The molecule has 7 nitrogen and oxygen atoms in total. The first-order valence-electron chi connectivity index (χ1n) is 5.77. The van der Waals surface area contributed by atoms with Gasteiger partial charge >= 0.3 is 6.03 Å². The average molecular weight is 257 g/mol. The lowest BCUT2D eigenvalue weighted by Gasteiger charge is -2.27. The molecule has 19 heavy (non-hydrogen) atoms. The third-order valence-electron chi connectivity index (χ3n) is 3.08. The fourth-order valence-electron chi connectivity index (χ4n) is 2.13. The molecule has 0 unspecified atom stereocenters. The first-order valence-corrected chi connectivity index (χ1v) is 5.77. The third-order valence-corrected chi connectivity index (χ3v) is 3.08. The number of benzene rings is 1. The van der Waals surface area contributed by atoms with Crippen LogP contribution < -0.4 is 16.0 Å². The van der Waals surface area contributed by atoms with E-state index in [4.69, 9.17) is 5.73 Å². The number of nitrogens with two attached hydrogens (primary N) is 1. The van der Waals surface area contributed by atoms with Crippen molar-refractivity contribution in [2.75, 3.05) is 17.2 Å². The van der Waals surface area contributed by atoms with Gasteiger partial charge in [-0.25, -0.2) is 4.79 Å². The van der Waals surface area contributed by atoms with E-state index in [-0.39, 0.29) is 12.3 Å². The van der Waals surface area contributed by atoms with Crippen LogP contribution in [0, 0.1) is 0 Å². The van der Waals surface area contributed by atoms with Crippen molar-refractivity contribution < 1.29 is 9.59 Å². The molecular weight excluding hydrogens is 246 g/mol. The highest BCUT2D eigenvalue weighted by Gasteiger charge is 2.25. The van der Waals surface area contributed by atoms with Gasteiger partial charge in [0.05, 0.1) is 18.1 Å². The Morgan fingerprint density at radius 2 is 1.89 bits per heavy atom. The maximum atomic E-state index is 11.9. The predicted molar refractivity (Wildman–Crippen MR) is 69.5 cm³/mol. The number of fused-ring (bicyclic) bond motifs is 1. The summed E-state index contributed by atoms with van der Waals surface area (Å²) in [7, 11) is 0. The molecule has 3 amide bonds. The van der Waals surface area contributed by atoms with Gasteiger partial charge in [0.25, 0.3) is 0 Å². The van der Waals surface area contributed by atoms with Crippen LogP contribution >= 0.6 is 0 Å². The molecule has 1 aromatic carbocycles. The van der Waals surface area contributed by atoms with Crippen LogP contribution in [-0.2, 0) is 4.79 Å². The number of nitrogens with one attached hydrogen (secondary N) is 1. The van der Waals surface area contributed by atoms with Gasteiger partial charge in [0.2, 0.25) is 5.91 Å². The number of urea groups is 1. The van der Waals surface area contributed by atoms with Crippen molar-refractivity contribution in [1.82, 2.24) is 15.5 Å². The fraction of sp³-hybridized carbons (Fsp3) is 0.167. The normalized spacial score (nSPS) is 15.7. The molecule has 0 radical (unpaired) electrons. The van der Waals surface area contributed by atoms with Crippen molar-refractivity contribution in [1.29, 1.82) is 0 Å². The summed E-state index contributed by atoms with van der Waals surface area (Å²) in [5, 5.41) is 11.4. The molecule has 1 aliphatic heterocycles. The van der Waals surface area contributed by atoms with E-state index in [0.29, 0.717) is 17.9 Å². The number of imide groups is 1. The second-order valence-electron chi connectivity index (χ2n) is 4.25. The number of rotatable bonds is 1. The topological polar surface area (TPSA) is 101 Å². The third kappa shape index (κ3) is 1.85. The second-order valence-corrected chi connectivity index (χ2v) is 4.25. The summed E-state index contributed by atoms with van der Waals surface area (Å²) in [4.78, 5) is 24.5. The van der Waals surface area contributed by atoms with Gasteiger partial charge in [0.15, 0.2) is 0 Å². The van der Waals surface area contributed by atoms with Gasteiger partial charge in [-0.2, -0.15) is 10.2 Å². The van der Waals surface area contributed by atoms with Crippen LogP contribution in [0.5, 0.6) is 0 Å². The van der Waals surface area contributed by atoms with Crippen LogP contribution in [0.15, 0.2) is 24.5 Å². The summed E-state index contributed by atoms with van der Waals surface area (Å²) in [6.07, 6.45) is 3.39. The summed E-state index contributed by atoms with van der Waals surface area (Å²) in [5.74, 6) is -0.263. The predicted octanol–water partition coefficient (Wildman–Crippen LogP) is 0.658. The first kappa shape index (κ1) is 11.4. The van der Waals surface area contributed by atoms with Crippen LogP contribution in [0.2, 0.25) is 0 Å². The Labute approximate surface area is 108 Å². The van der Waals surface area contributed by atoms with E-state index in [2.05, 4.69) is 15.5 Å². The minimum Gasteiger partial charge on any atom is -0.398 e. The maximum Gasteiger partial charge on any atom is 0.328 e. The minimum absolute atomic E-state index is 0.263. The van der Waals surface area contributed by atoms with Crippen LogP contribution in [0.3, 0.4) is 0 Å². The standard InChI is InChI=1S/C12H11N5O2/c13-9-1-2-10(8-6-15-14-5-7(8)9)17-4-3-11(18)16-12(17)19/h1-2,5-6H,3-4,13H2,(H,16,18,19).